The first kappa shape index (κ1) is 22.3. The molecule has 0 aliphatic carbocycles. The molecule has 4 rings (SSSR count). The molecule has 2 aromatic rings. The van der Waals surface area contributed by atoms with Gasteiger partial charge in [0.05, 0.1) is 29.2 Å². The molecule has 1 fully saturated rings. The fourth-order valence-corrected chi connectivity index (χ4v) is 4.69. The van der Waals surface area contributed by atoms with Crippen LogP contribution in [0.15, 0.2) is 10.8 Å². The Kier molecular flexibility index (Phi) is 5.72. The van der Waals surface area contributed by atoms with Gasteiger partial charge in [0.15, 0.2) is 6.39 Å². The molecule has 170 valence electrons. The zero-order valence-corrected chi connectivity index (χ0v) is 19.7. The maximum Gasteiger partial charge on any atom is 0.291 e. The van der Waals surface area contributed by atoms with Crippen molar-refractivity contribution in [3.8, 4) is 6.07 Å². The van der Waals surface area contributed by atoms with Gasteiger partial charge >= 0.3 is 0 Å². The SMILES string of the molecule is Cc1ncoc1C(=O)N1CCN(c2nc(C(C)C)c3c(c2C#N)CC(C)(C)OC3)C[C@H]1C. The third-order valence-electron chi connectivity index (χ3n) is 6.42. The molecular weight excluding hydrogens is 406 g/mol. The number of pyridine rings is 1. The maximum atomic E-state index is 13.0. The molecular formula is C24H31N5O3. The van der Waals surface area contributed by atoms with Crippen molar-refractivity contribution in [2.75, 3.05) is 24.5 Å². The van der Waals surface area contributed by atoms with Gasteiger partial charge in [-0.3, -0.25) is 4.79 Å². The minimum absolute atomic E-state index is 0.0626. The van der Waals surface area contributed by atoms with Crippen LogP contribution in [0.1, 0.15) is 79.2 Å². The van der Waals surface area contributed by atoms with E-state index in [0.717, 1.165) is 22.6 Å². The summed E-state index contributed by atoms with van der Waals surface area (Å²) in [4.78, 5) is 25.9. The Morgan fingerprint density at radius 3 is 2.66 bits per heavy atom. The van der Waals surface area contributed by atoms with E-state index in [9.17, 15) is 10.1 Å². The van der Waals surface area contributed by atoms with Gasteiger partial charge in [-0.1, -0.05) is 13.8 Å². The number of rotatable bonds is 3. The minimum Gasteiger partial charge on any atom is -0.438 e. The Hall–Kier alpha value is -2.92. The van der Waals surface area contributed by atoms with Crippen LogP contribution in [0.5, 0.6) is 0 Å². The molecule has 1 saturated heterocycles. The molecule has 0 aromatic carbocycles. The van der Waals surface area contributed by atoms with E-state index in [0.29, 0.717) is 49.7 Å². The third-order valence-corrected chi connectivity index (χ3v) is 6.42. The van der Waals surface area contributed by atoms with E-state index in [1.807, 2.05) is 11.8 Å². The summed E-state index contributed by atoms with van der Waals surface area (Å²) in [6, 6.07) is 2.38. The van der Waals surface area contributed by atoms with Crippen molar-refractivity contribution in [3.05, 3.63) is 40.2 Å². The van der Waals surface area contributed by atoms with Crippen LogP contribution in [0.2, 0.25) is 0 Å². The average Bonchev–Trinajstić information content (AvgIpc) is 3.17. The number of oxazole rings is 1. The van der Waals surface area contributed by atoms with Crippen LogP contribution in [-0.2, 0) is 17.8 Å². The number of nitriles is 1. The standard InChI is InChI=1S/C24H31N5O3/c1-14(2)20-19-12-32-24(5,6)9-17(19)18(10-25)22(27-20)28-7-8-29(15(3)11-28)23(30)21-16(4)26-13-31-21/h13-15H,7-9,11-12H2,1-6H3/t15-/m1/s1. The Balaban J connectivity index is 1.67. The van der Waals surface area contributed by atoms with E-state index in [1.54, 1.807) is 6.92 Å². The van der Waals surface area contributed by atoms with Crippen molar-refractivity contribution in [3.63, 3.8) is 0 Å². The maximum absolute atomic E-state index is 13.0. The summed E-state index contributed by atoms with van der Waals surface area (Å²) < 4.78 is 11.4. The van der Waals surface area contributed by atoms with Gasteiger partial charge in [-0.2, -0.15) is 5.26 Å². The Morgan fingerprint density at radius 2 is 2.06 bits per heavy atom. The van der Waals surface area contributed by atoms with Gasteiger partial charge in [0.2, 0.25) is 5.76 Å². The van der Waals surface area contributed by atoms with Crippen molar-refractivity contribution in [1.29, 1.82) is 5.26 Å². The molecule has 0 unspecified atom stereocenters. The summed E-state index contributed by atoms with van der Waals surface area (Å²) in [6.07, 6.45) is 1.98. The number of carbonyl (C=O) groups excluding carboxylic acids is 1. The molecule has 4 heterocycles. The van der Waals surface area contributed by atoms with Crippen LogP contribution in [0.4, 0.5) is 5.82 Å². The molecule has 2 aromatic heterocycles. The monoisotopic (exact) mass is 437 g/mol. The van der Waals surface area contributed by atoms with Gasteiger partial charge in [0.25, 0.3) is 5.91 Å². The summed E-state index contributed by atoms with van der Waals surface area (Å²) in [5.74, 6) is 1.09. The zero-order chi connectivity index (χ0) is 23.2. The lowest BCUT2D eigenvalue weighted by atomic mass is 9.86. The van der Waals surface area contributed by atoms with Crippen molar-refractivity contribution < 1.29 is 13.9 Å². The van der Waals surface area contributed by atoms with Crippen molar-refractivity contribution in [2.45, 2.75) is 72.1 Å². The van der Waals surface area contributed by atoms with E-state index in [4.69, 9.17) is 14.1 Å². The number of piperazine rings is 1. The summed E-state index contributed by atoms with van der Waals surface area (Å²) in [5.41, 5.74) is 4.02. The number of anilines is 1. The molecule has 0 spiro atoms. The van der Waals surface area contributed by atoms with Crippen LogP contribution < -0.4 is 4.90 Å². The zero-order valence-electron chi connectivity index (χ0n) is 19.7. The third kappa shape index (κ3) is 3.86. The predicted molar refractivity (Wildman–Crippen MR) is 120 cm³/mol. The molecule has 0 saturated carbocycles. The fraction of sp³-hybridized carbons (Fsp3) is 0.583. The molecule has 1 atom stereocenters. The van der Waals surface area contributed by atoms with Crippen LogP contribution in [-0.4, -0.2) is 52.1 Å². The van der Waals surface area contributed by atoms with E-state index in [1.165, 1.54) is 6.39 Å². The molecule has 0 N–H and O–H groups in total. The van der Waals surface area contributed by atoms with Crippen molar-refractivity contribution in [2.24, 2.45) is 0 Å². The summed E-state index contributed by atoms with van der Waals surface area (Å²) in [7, 11) is 0. The van der Waals surface area contributed by atoms with Crippen LogP contribution in [0.25, 0.3) is 0 Å². The number of hydrogen-bond donors (Lipinski definition) is 0. The van der Waals surface area contributed by atoms with Gasteiger partial charge in [-0.25, -0.2) is 9.97 Å². The molecule has 0 bridgehead atoms. The van der Waals surface area contributed by atoms with E-state index < -0.39 is 0 Å². The Bertz CT molecular complexity index is 1080. The van der Waals surface area contributed by atoms with Crippen LogP contribution >= 0.6 is 0 Å². The summed E-state index contributed by atoms with van der Waals surface area (Å²) in [5, 5.41) is 10.1. The fourth-order valence-electron chi connectivity index (χ4n) is 4.69. The Morgan fingerprint density at radius 1 is 1.31 bits per heavy atom. The number of carbonyl (C=O) groups is 1. The second kappa shape index (κ2) is 8.21. The molecule has 32 heavy (non-hydrogen) atoms. The molecule has 2 aliphatic heterocycles. The lowest BCUT2D eigenvalue weighted by Gasteiger charge is -2.41. The van der Waals surface area contributed by atoms with Gasteiger partial charge in [0.1, 0.15) is 11.9 Å². The van der Waals surface area contributed by atoms with Crippen molar-refractivity contribution in [1.82, 2.24) is 14.9 Å². The van der Waals surface area contributed by atoms with Crippen LogP contribution in [0, 0.1) is 18.3 Å². The number of nitrogens with zero attached hydrogens (tertiary/aromatic N) is 5. The first-order valence-corrected chi connectivity index (χ1v) is 11.2. The summed E-state index contributed by atoms with van der Waals surface area (Å²) >= 11 is 0. The van der Waals surface area contributed by atoms with Crippen LogP contribution in [0.3, 0.4) is 0 Å². The Labute approximate surface area is 189 Å². The lowest BCUT2D eigenvalue weighted by Crippen LogP contribution is -2.54. The number of amides is 1. The lowest BCUT2D eigenvalue weighted by molar-refractivity contribution is -0.0408. The number of fused-ring (bicyclic) bond motifs is 1. The molecule has 0 radical (unpaired) electrons. The quantitative estimate of drug-likeness (QED) is 0.724. The highest BCUT2D eigenvalue weighted by molar-refractivity contribution is 5.92. The molecule has 2 aliphatic rings. The number of aromatic nitrogens is 2. The topological polar surface area (TPSA) is 95.5 Å². The van der Waals surface area contributed by atoms with E-state index in [-0.39, 0.29) is 23.5 Å². The first-order chi connectivity index (χ1) is 15.1. The summed E-state index contributed by atoms with van der Waals surface area (Å²) in [6.45, 7) is 14.3. The highest BCUT2D eigenvalue weighted by Gasteiger charge is 2.36. The molecule has 1 amide bonds. The number of hydrogen-bond acceptors (Lipinski definition) is 7. The first-order valence-electron chi connectivity index (χ1n) is 11.2. The van der Waals surface area contributed by atoms with Gasteiger partial charge < -0.3 is 19.0 Å². The average molecular weight is 438 g/mol. The smallest absolute Gasteiger partial charge is 0.291 e. The largest absolute Gasteiger partial charge is 0.438 e. The van der Waals surface area contributed by atoms with E-state index >= 15 is 0 Å². The predicted octanol–water partition coefficient (Wildman–Crippen LogP) is 3.58. The molecule has 8 heteroatoms. The normalized spacial score (nSPS) is 20.2. The van der Waals surface area contributed by atoms with Gasteiger partial charge in [0, 0.05) is 37.7 Å². The minimum atomic E-state index is -0.321. The molecule has 8 nitrogen and oxygen atoms in total. The number of ether oxygens (including phenoxy) is 1. The second-order valence-electron chi connectivity index (χ2n) is 9.70. The second-order valence-corrected chi connectivity index (χ2v) is 9.70. The highest BCUT2D eigenvalue weighted by Crippen LogP contribution is 2.38. The highest BCUT2D eigenvalue weighted by atomic mass is 16.5. The van der Waals surface area contributed by atoms with Gasteiger partial charge in [-0.05, 0) is 39.2 Å². The number of aryl methyl sites for hydroxylation is 1. The van der Waals surface area contributed by atoms with Gasteiger partial charge in [-0.15, -0.1) is 0 Å². The van der Waals surface area contributed by atoms with Crippen molar-refractivity contribution >= 4 is 11.7 Å². The van der Waals surface area contributed by atoms with E-state index in [2.05, 4.69) is 43.6 Å².